The highest BCUT2D eigenvalue weighted by molar-refractivity contribution is 5.94. The van der Waals surface area contributed by atoms with Gasteiger partial charge < -0.3 is 4.90 Å². The Balaban J connectivity index is 1.84. The summed E-state index contributed by atoms with van der Waals surface area (Å²) < 4.78 is 0. The third-order valence-corrected chi connectivity index (χ3v) is 3.80. The summed E-state index contributed by atoms with van der Waals surface area (Å²) in [5, 5.41) is 8.82. The number of rotatable bonds is 2. The third-order valence-electron chi connectivity index (χ3n) is 3.80. The number of pyridine rings is 1. The van der Waals surface area contributed by atoms with E-state index >= 15 is 0 Å². The van der Waals surface area contributed by atoms with E-state index in [1.165, 1.54) is 0 Å². The first-order chi connectivity index (χ1) is 10.3. The Morgan fingerprint density at radius 2 is 2.05 bits per heavy atom. The number of carbonyl (C=O) groups excluding carboxylic acids is 1. The topological polar surface area (TPSA) is 57.0 Å². The van der Waals surface area contributed by atoms with E-state index < -0.39 is 0 Å². The van der Waals surface area contributed by atoms with Crippen molar-refractivity contribution >= 4 is 5.91 Å². The normalized spacial score (nSPS) is 17.5. The molecule has 0 bridgehead atoms. The first kappa shape index (κ1) is 13.3. The summed E-state index contributed by atoms with van der Waals surface area (Å²) in [5.74, 6) is 0.00708. The Kier molecular flexibility index (Phi) is 3.65. The number of nitrogens with zero attached hydrogens (tertiary/aromatic N) is 3. The Morgan fingerprint density at radius 1 is 1.24 bits per heavy atom. The van der Waals surface area contributed by atoms with Gasteiger partial charge in [-0.25, -0.2) is 0 Å². The maximum atomic E-state index is 12.6. The van der Waals surface area contributed by atoms with Gasteiger partial charge in [-0.3, -0.25) is 9.78 Å². The quantitative estimate of drug-likeness (QED) is 0.848. The molecule has 1 aliphatic heterocycles. The summed E-state index contributed by atoms with van der Waals surface area (Å²) in [7, 11) is 0. The molecule has 2 aromatic rings. The summed E-state index contributed by atoms with van der Waals surface area (Å²) in [4.78, 5) is 18.9. The molecular formula is C17H15N3O. The smallest absolute Gasteiger partial charge is 0.254 e. The number of benzene rings is 1. The van der Waals surface area contributed by atoms with Crippen LogP contribution in [-0.4, -0.2) is 22.3 Å². The van der Waals surface area contributed by atoms with Crippen molar-refractivity contribution in [3.63, 3.8) is 0 Å². The molecule has 1 aliphatic rings. The van der Waals surface area contributed by atoms with Crippen molar-refractivity contribution in [3.8, 4) is 6.07 Å². The van der Waals surface area contributed by atoms with E-state index in [9.17, 15) is 4.79 Å². The molecule has 0 aliphatic carbocycles. The SMILES string of the molecule is N#Cc1ccc(C(=O)N2CCCC2c2ccccn2)cc1. The van der Waals surface area contributed by atoms with E-state index in [0.29, 0.717) is 11.1 Å². The lowest BCUT2D eigenvalue weighted by Gasteiger charge is -2.24. The first-order valence-corrected chi connectivity index (χ1v) is 7.01. The molecule has 3 rings (SSSR count). The number of likely N-dealkylation sites (tertiary alicyclic amines) is 1. The van der Waals surface area contributed by atoms with Crippen LogP contribution in [0.1, 0.15) is 40.5 Å². The molecule has 1 amide bonds. The number of amides is 1. The van der Waals surface area contributed by atoms with Gasteiger partial charge in [-0.05, 0) is 49.2 Å². The Morgan fingerprint density at radius 3 is 2.71 bits per heavy atom. The largest absolute Gasteiger partial charge is 0.330 e. The van der Waals surface area contributed by atoms with Crippen molar-refractivity contribution in [1.29, 1.82) is 5.26 Å². The standard InChI is InChI=1S/C17H15N3O/c18-12-13-6-8-14(9-7-13)17(21)20-11-3-5-16(20)15-4-1-2-10-19-15/h1-2,4,6-10,16H,3,5,11H2. The molecule has 1 saturated heterocycles. The minimum atomic E-state index is 0.00708. The molecule has 21 heavy (non-hydrogen) atoms. The molecule has 1 atom stereocenters. The van der Waals surface area contributed by atoms with E-state index in [-0.39, 0.29) is 11.9 Å². The number of nitriles is 1. The minimum Gasteiger partial charge on any atom is -0.330 e. The van der Waals surface area contributed by atoms with Crippen LogP contribution in [0.3, 0.4) is 0 Å². The number of hydrogen-bond acceptors (Lipinski definition) is 3. The van der Waals surface area contributed by atoms with E-state index in [2.05, 4.69) is 11.1 Å². The van der Waals surface area contributed by atoms with Gasteiger partial charge in [0.25, 0.3) is 5.91 Å². The van der Waals surface area contributed by atoms with E-state index in [4.69, 9.17) is 5.26 Å². The number of aromatic nitrogens is 1. The summed E-state index contributed by atoms with van der Waals surface area (Å²) in [5.41, 5.74) is 2.13. The fourth-order valence-corrected chi connectivity index (χ4v) is 2.74. The predicted molar refractivity (Wildman–Crippen MR) is 78.4 cm³/mol. The lowest BCUT2D eigenvalue weighted by Crippen LogP contribution is -2.30. The molecule has 4 nitrogen and oxygen atoms in total. The Hall–Kier alpha value is -2.67. The van der Waals surface area contributed by atoms with Gasteiger partial charge >= 0.3 is 0 Å². The second-order valence-electron chi connectivity index (χ2n) is 5.10. The fourth-order valence-electron chi connectivity index (χ4n) is 2.74. The van der Waals surface area contributed by atoms with Gasteiger partial charge in [0.1, 0.15) is 0 Å². The van der Waals surface area contributed by atoms with Crippen LogP contribution in [0.4, 0.5) is 0 Å². The molecule has 1 fully saturated rings. The van der Waals surface area contributed by atoms with Crippen LogP contribution in [0.5, 0.6) is 0 Å². The first-order valence-electron chi connectivity index (χ1n) is 7.01. The summed E-state index contributed by atoms with van der Waals surface area (Å²) in [6.07, 6.45) is 3.69. The zero-order chi connectivity index (χ0) is 14.7. The summed E-state index contributed by atoms with van der Waals surface area (Å²) in [6, 6.07) is 14.7. The molecular weight excluding hydrogens is 262 g/mol. The van der Waals surface area contributed by atoms with Crippen LogP contribution >= 0.6 is 0 Å². The molecule has 0 saturated carbocycles. The van der Waals surface area contributed by atoms with E-state index in [0.717, 1.165) is 25.1 Å². The highest BCUT2D eigenvalue weighted by Gasteiger charge is 2.31. The summed E-state index contributed by atoms with van der Waals surface area (Å²) in [6.45, 7) is 0.750. The van der Waals surface area contributed by atoms with Crippen LogP contribution in [0.2, 0.25) is 0 Å². The molecule has 0 radical (unpaired) electrons. The van der Waals surface area contributed by atoms with E-state index in [1.807, 2.05) is 23.1 Å². The van der Waals surface area contributed by atoms with Gasteiger partial charge in [-0.15, -0.1) is 0 Å². The maximum absolute atomic E-state index is 12.6. The van der Waals surface area contributed by atoms with Gasteiger partial charge in [0, 0.05) is 18.3 Å². The number of carbonyl (C=O) groups is 1. The average Bonchev–Trinajstić information content (AvgIpc) is 3.04. The van der Waals surface area contributed by atoms with E-state index in [1.54, 1.807) is 30.5 Å². The molecule has 1 aromatic carbocycles. The second kappa shape index (κ2) is 5.76. The van der Waals surface area contributed by atoms with Gasteiger partial charge in [0.15, 0.2) is 0 Å². The van der Waals surface area contributed by atoms with Crippen molar-refractivity contribution in [2.45, 2.75) is 18.9 Å². The zero-order valence-corrected chi connectivity index (χ0v) is 11.6. The average molecular weight is 277 g/mol. The zero-order valence-electron chi connectivity index (χ0n) is 11.6. The van der Waals surface area contributed by atoms with Crippen molar-refractivity contribution < 1.29 is 4.79 Å². The highest BCUT2D eigenvalue weighted by Crippen LogP contribution is 2.31. The lowest BCUT2D eigenvalue weighted by molar-refractivity contribution is 0.0733. The van der Waals surface area contributed by atoms with Gasteiger partial charge in [-0.1, -0.05) is 6.07 Å². The predicted octanol–water partition coefficient (Wildman–Crippen LogP) is 2.93. The molecule has 104 valence electrons. The Labute approximate surface area is 123 Å². The summed E-state index contributed by atoms with van der Waals surface area (Å²) >= 11 is 0. The molecule has 4 heteroatoms. The number of hydrogen-bond donors (Lipinski definition) is 0. The van der Waals surface area contributed by atoms with Crippen LogP contribution < -0.4 is 0 Å². The molecule has 0 spiro atoms. The lowest BCUT2D eigenvalue weighted by atomic mass is 10.1. The Bertz CT molecular complexity index is 673. The monoisotopic (exact) mass is 277 g/mol. The molecule has 2 heterocycles. The third kappa shape index (κ3) is 2.63. The van der Waals surface area contributed by atoms with Crippen LogP contribution in [-0.2, 0) is 0 Å². The van der Waals surface area contributed by atoms with Crippen LogP contribution in [0.15, 0.2) is 48.7 Å². The van der Waals surface area contributed by atoms with Crippen molar-refractivity contribution in [2.75, 3.05) is 6.54 Å². The van der Waals surface area contributed by atoms with Crippen LogP contribution in [0.25, 0.3) is 0 Å². The molecule has 1 unspecified atom stereocenters. The molecule has 1 aromatic heterocycles. The van der Waals surface area contributed by atoms with Crippen molar-refractivity contribution in [1.82, 2.24) is 9.88 Å². The minimum absolute atomic E-state index is 0.00708. The fraction of sp³-hybridized carbons (Fsp3) is 0.235. The van der Waals surface area contributed by atoms with Gasteiger partial charge in [-0.2, -0.15) is 5.26 Å². The highest BCUT2D eigenvalue weighted by atomic mass is 16.2. The van der Waals surface area contributed by atoms with Gasteiger partial charge in [0.2, 0.25) is 0 Å². The maximum Gasteiger partial charge on any atom is 0.254 e. The molecule has 0 N–H and O–H groups in total. The second-order valence-corrected chi connectivity index (χ2v) is 5.10. The van der Waals surface area contributed by atoms with Crippen molar-refractivity contribution in [3.05, 3.63) is 65.5 Å². The van der Waals surface area contributed by atoms with Crippen molar-refractivity contribution in [2.24, 2.45) is 0 Å². The van der Waals surface area contributed by atoms with Gasteiger partial charge in [0.05, 0.1) is 23.4 Å². The van der Waals surface area contributed by atoms with Crippen LogP contribution in [0, 0.1) is 11.3 Å².